The van der Waals surface area contributed by atoms with Crippen LogP contribution in [-0.4, -0.2) is 12.0 Å². The topological polar surface area (TPSA) is 17.1 Å². The third-order valence-corrected chi connectivity index (χ3v) is 3.94. The minimum absolute atomic E-state index is 0.126. The Labute approximate surface area is 130 Å². The molecule has 1 nitrogen and oxygen atoms in total. The van der Waals surface area contributed by atoms with E-state index in [1.54, 1.807) is 6.92 Å². The van der Waals surface area contributed by atoms with Crippen molar-refractivity contribution in [1.29, 1.82) is 0 Å². The summed E-state index contributed by atoms with van der Waals surface area (Å²) in [7, 11) is 0. The van der Waals surface area contributed by atoms with Crippen molar-refractivity contribution in [2.24, 2.45) is 5.41 Å². The van der Waals surface area contributed by atoms with Crippen LogP contribution in [0.2, 0.25) is 0 Å². The molecule has 0 unspecified atom stereocenters. The Morgan fingerprint density at radius 3 is 2.41 bits per heavy atom. The van der Waals surface area contributed by atoms with Gasteiger partial charge in [-0.2, -0.15) is 13.2 Å². The van der Waals surface area contributed by atoms with E-state index in [1.807, 2.05) is 12.2 Å². The largest absolute Gasteiger partial charge is 0.454 e. The molecule has 0 amide bonds. The Hall–Kier alpha value is -1.58. The van der Waals surface area contributed by atoms with E-state index in [1.165, 1.54) is 23.6 Å². The zero-order valence-corrected chi connectivity index (χ0v) is 13.6. The van der Waals surface area contributed by atoms with Crippen molar-refractivity contribution in [3.63, 3.8) is 0 Å². The highest BCUT2D eigenvalue weighted by Gasteiger charge is 2.35. The first kappa shape index (κ1) is 18.5. The Balaban J connectivity index is 2.80. The Bertz CT molecular complexity index is 543. The number of hydrogen-bond donors (Lipinski definition) is 0. The Kier molecular flexibility index (Phi) is 5.98. The van der Waals surface area contributed by atoms with Gasteiger partial charge >= 0.3 is 6.18 Å². The molecule has 0 fully saturated rings. The summed E-state index contributed by atoms with van der Waals surface area (Å²) in [6.45, 7) is 8.33. The first-order valence-corrected chi connectivity index (χ1v) is 7.38. The van der Waals surface area contributed by atoms with Crippen LogP contribution in [0.25, 0.3) is 0 Å². The summed E-state index contributed by atoms with van der Waals surface area (Å²) < 4.78 is 36.2. The van der Waals surface area contributed by atoms with Gasteiger partial charge in [-0.05, 0) is 50.2 Å². The highest BCUT2D eigenvalue weighted by molar-refractivity contribution is 5.94. The summed E-state index contributed by atoms with van der Waals surface area (Å²) in [5.74, 6) is -1.84. The zero-order valence-electron chi connectivity index (χ0n) is 13.6. The van der Waals surface area contributed by atoms with Gasteiger partial charge in [-0.3, -0.25) is 4.79 Å². The van der Waals surface area contributed by atoms with E-state index in [-0.39, 0.29) is 5.41 Å². The highest BCUT2D eigenvalue weighted by atomic mass is 19.4. The van der Waals surface area contributed by atoms with Gasteiger partial charge in [0.2, 0.25) is 0 Å². The molecule has 0 heterocycles. The minimum Gasteiger partial charge on any atom is -0.285 e. The molecule has 1 aliphatic rings. The van der Waals surface area contributed by atoms with Crippen molar-refractivity contribution in [3.8, 4) is 0 Å². The van der Waals surface area contributed by atoms with Gasteiger partial charge in [0.1, 0.15) is 0 Å². The molecule has 122 valence electrons. The lowest BCUT2D eigenvalue weighted by Gasteiger charge is -2.32. The van der Waals surface area contributed by atoms with Crippen molar-refractivity contribution in [3.05, 3.63) is 47.1 Å². The van der Waals surface area contributed by atoms with Crippen LogP contribution >= 0.6 is 0 Å². The van der Waals surface area contributed by atoms with E-state index >= 15 is 0 Å². The third kappa shape index (κ3) is 5.32. The quantitative estimate of drug-likeness (QED) is 0.480. The predicted molar refractivity (Wildman–Crippen MR) is 83.4 cm³/mol. The van der Waals surface area contributed by atoms with Gasteiger partial charge in [0.25, 0.3) is 5.78 Å². The van der Waals surface area contributed by atoms with Crippen molar-refractivity contribution in [2.75, 3.05) is 0 Å². The number of hydrogen-bond acceptors (Lipinski definition) is 1. The number of alkyl halides is 3. The van der Waals surface area contributed by atoms with Gasteiger partial charge in [-0.15, -0.1) is 0 Å². The van der Waals surface area contributed by atoms with Crippen LogP contribution in [0.5, 0.6) is 0 Å². The summed E-state index contributed by atoms with van der Waals surface area (Å²) in [6.07, 6.45) is 5.73. The maximum Gasteiger partial charge on any atom is 0.454 e. The summed E-state index contributed by atoms with van der Waals surface area (Å²) in [5, 5.41) is 0. The van der Waals surface area contributed by atoms with Gasteiger partial charge < -0.3 is 0 Å². The molecule has 0 saturated heterocycles. The maximum absolute atomic E-state index is 12.1. The summed E-state index contributed by atoms with van der Waals surface area (Å²) in [5.41, 5.74) is 3.58. The SMILES string of the molecule is CC1=C(/C=C/C(C)=C/C=C/C(=O)C(F)(F)F)C(C)(C)CCC1. The summed E-state index contributed by atoms with van der Waals surface area (Å²) >= 11 is 0. The molecule has 0 atom stereocenters. The van der Waals surface area contributed by atoms with Gasteiger partial charge in [0.05, 0.1) is 0 Å². The molecule has 0 aromatic heterocycles. The molecule has 0 spiro atoms. The number of carbonyl (C=O) groups excluding carboxylic acids is 1. The average Bonchev–Trinajstić information content (AvgIpc) is 2.36. The van der Waals surface area contributed by atoms with Crippen LogP contribution in [0.1, 0.15) is 47.0 Å². The van der Waals surface area contributed by atoms with E-state index in [4.69, 9.17) is 0 Å². The monoisotopic (exact) mass is 312 g/mol. The number of allylic oxidation sites excluding steroid dienone is 8. The average molecular weight is 312 g/mol. The van der Waals surface area contributed by atoms with Crippen LogP contribution in [0.3, 0.4) is 0 Å². The fraction of sp³-hybridized carbons (Fsp3) is 0.500. The van der Waals surface area contributed by atoms with E-state index in [0.717, 1.165) is 24.5 Å². The number of carbonyl (C=O) groups is 1. The summed E-state index contributed by atoms with van der Waals surface area (Å²) in [6, 6.07) is 0. The standard InChI is InChI=1S/C18H23F3O/c1-13(7-5-9-16(22)18(19,20)21)10-11-15-14(2)8-6-12-17(15,3)4/h5,7,9-11H,6,8,12H2,1-4H3/b9-5+,11-10+,13-7+. The minimum atomic E-state index is -4.80. The maximum atomic E-state index is 12.1. The van der Waals surface area contributed by atoms with Crippen molar-refractivity contribution in [2.45, 2.75) is 53.1 Å². The van der Waals surface area contributed by atoms with Crippen molar-refractivity contribution >= 4 is 5.78 Å². The second-order valence-corrected chi connectivity index (χ2v) is 6.40. The molecule has 0 aromatic rings. The normalized spacial score (nSPS) is 20.2. The van der Waals surface area contributed by atoms with Crippen LogP contribution in [0.15, 0.2) is 47.1 Å². The van der Waals surface area contributed by atoms with Crippen molar-refractivity contribution in [1.82, 2.24) is 0 Å². The zero-order chi connectivity index (χ0) is 17.0. The van der Waals surface area contributed by atoms with Crippen LogP contribution < -0.4 is 0 Å². The fourth-order valence-corrected chi connectivity index (χ4v) is 2.66. The van der Waals surface area contributed by atoms with E-state index < -0.39 is 12.0 Å². The second kappa shape index (κ2) is 7.12. The molecular weight excluding hydrogens is 289 g/mol. The van der Waals surface area contributed by atoms with Crippen LogP contribution in [-0.2, 0) is 4.79 Å². The van der Waals surface area contributed by atoms with Gasteiger partial charge in [-0.25, -0.2) is 0 Å². The molecule has 0 bridgehead atoms. The molecule has 0 aromatic carbocycles. The van der Waals surface area contributed by atoms with Crippen LogP contribution in [0.4, 0.5) is 13.2 Å². The third-order valence-electron chi connectivity index (χ3n) is 3.94. The van der Waals surface area contributed by atoms with E-state index in [2.05, 4.69) is 20.8 Å². The molecule has 1 rings (SSSR count). The predicted octanol–water partition coefficient (Wildman–Crippen LogP) is 5.70. The van der Waals surface area contributed by atoms with Crippen molar-refractivity contribution < 1.29 is 18.0 Å². The van der Waals surface area contributed by atoms with Gasteiger partial charge in [-0.1, -0.05) is 49.3 Å². The molecular formula is C18H23F3O. The molecule has 1 aliphatic carbocycles. The number of halogens is 3. The molecule has 0 N–H and O–H groups in total. The Morgan fingerprint density at radius 2 is 1.86 bits per heavy atom. The summed E-state index contributed by atoms with van der Waals surface area (Å²) in [4.78, 5) is 10.7. The van der Waals surface area contributed by atoms with E-state index in [0.29, 0.717) is 6.08 Å². The lowest BCUT2D eigenvalue weighted by atomic mass is 9.72. The highest BCUT2D eigenvalue weighted by Crippen LogP contribution is 2.40. The number of ketones is 1. The molecule has 0 saturated carbocycles. The lowest BCUT2D eigenvalue weighted by Crippen LogP contribution is -2.19. The van der Waals surface area contributed by atoms with Gasteiger partial charge in [0, 0.05) is 0 Å². The van der Waals surface area contributed by atoms with Crippen LogP contribution in [0, 0.1) is 5.41 Å². The number of rotatable bonds is 4. The smallest absolute Gasteiger partial charge is 0.285 e. The molecule has 4 heteroatoms. The first-order chi connectivity index (χ1) is 10.0. The first-order valence-electron chi connectivity index (χ1n) is 7.38. The lowest BCUT2D eigenvalue weighted by molar-refractivity contribution is -0.165. The molecule has 22 heavy (non-hydrogen) atoms. The molecule has 0 radical (unpaired) electrons. The van der Waals surface area contributed by atoms with E-state index in [9.17, 15) is 18.0 Å². The Morgan fingerprint density at radius 1 is 1.23 bits per heavy atom. The molecule has 0 aliphatic heterocycles. The van der Waals surface area contributed by atoms with Gasteiger partial charge in [0.15, 0.2) is 0 Å². The second-order valence-electron chi connectivity index (χ2n) is 6.40. The fourth-order valence-electron chi connectivity index (χ4n) is 2.66.